The molecule has 86 valence electrons. The van der Waals surface area contributed by atoms with Crippen LogP contribution in [0.1, 0.15) is 20.3 Å². The van der Waals surface area contributed by atoms with Gasteiger partial charge >= 0.3 is 0 Å². The lowest BCUT2D eigenvalue weighted by Crippen LogP contribution is -2.14. The second-order valence-electron chi connectivity index (χ2n) is 4.76. The summed E-state index contributed by atoms with van der Waals surface area (Å²) in [7, 11) is -0.395. The molecule has 14 heavy (non-hydrogen) atoms. The molecule has 0 aromatic rings. The highest BCUT2D eigenvalue weighted by Crippen LogP contribution is 2.45. The molecule has 0 aliphatic carbocycles. The van der Waals surface area contributed by atoms with Crippen LogP contribution in [0.15, 0.2) is 0 Å². The Labute approximate surface area is 89.7 Å². The van der Waals surface area contributed by atoms with E-state index in [9.17, 15) is 0 Å². The zero-order chi connectivity index (χ0) is 10.6. The zero-order valence-electron chi connectivity index (χ0n) is 9.91. The first kappa shape index (κ1) is 12.3. The molecule has 3 heteroatoms. The minimum atomic E-state index is -0.395. The second kappa shape index (κ2) is 5.38. The van der Waals surface area contributed by atoms with Crippen molar-refractivity contribution in [2.45, 2.75) is 31.6 Å². The summed E-state index contributed by atoms with van der Waals surface area (Å²) >= 11 is 0. The van der Waals surface area contributed by atoms with Crippen molar-refractivity contribution in [1.82, 2.24) is 0 Å². The molecule has 0 radical (unpaired) electrons. The topological polar surface area (TPSA) is 21.8 Å². The van der Waals surface area contributed by atoms with E-state index in [1.807, 2.05) is 0 Å². The Hall–Kier alpha value is 0.270. The molecule has 1 aliphatic rings. The molecule has 0 N–H and O–H groups in total. The molecule has 2 nitrogen and oxygen atoms in total. The van der Waals surface area contributed by atoms with Crippen LogP contribution < -0.4 is 0 Å². The van der Waals surface area contributed by atoms with Crippen LogP contribution in [0, 0.1) is 0 Å². The van der Waals surface area contributed by atoms with Gasteiger partial charge in [0.05, 0.1) is 13.2 Å². The van der Waals surface area contributed by atoms with Gasteiger partial charge in [0.25, 0.3) is 0 Å². The lowest BCUT2D eigenvalue weighted by Gasteiger charge is -2.35. The molecule has 1 atom stereocenters. The second-order valence-corrected chi connectivity index (χ2v) is 9.36. The highest BCUT2D eigenvalue weighted by molar-refractivity contribution is 8.33. The van der Waals surface area contributed by atoms with Crippen LogP contribution in [-0.2, 0) is 9.47 Å². The van der Waals surface area contributed by atoms with E-state index in [0.29, 0.717) is 6.10 Å². The molecule has 0 saturated carbocycles. The third-order valence-electron chi connectivity index (χ3n) is 2.94. The summed E-state index contributed by atoms with van der Waals surface area (Å²) < 4.78 is 10.6. The minimum absolute atomic E-state index is 0.395. The van der Waals surface area contributed by atoms with E-state index in [1.54, 1.807) is 0 Å². The van der Waals surface area contributed by atoms with Crippen LogP contribution in [0.25, 0.3) is 0 Å². The smallest absolute Gasteiger partial charge is 0.104 e. The van der Waals surface area contributed by atoms with Crippen molar-refractivity contribution >= 4 is 10.0 Å². The van der Waals surface area contributed by atoms with Gasteiger partial charge in [0.2, 0.25) is 0 Å². The first-order valence-corrected chi connectivity index (χ1v) is 8.10. The van der Waals surface area contributed by atoms with E-state index in [4.69, 9.17) is 9.47 Å². The molecule has 1 saturated heterocycles. The largest absolute Gasteiger partial charge is 0.379 e. The average molecular weight is 220 g/mol. The predicted octanol–water partition coefficient (Wildman–Crippen LogP) is 2.26. The highest BCUT2D eigenvalue weighted by Gasteiger charge is 2.22. The molecule has 0 unspecified atom stereocenters. The molecule has 1 rings (SSSR count). The van der Waals surface area contributed by atoms with Crippen molar-refractivity contribution in [3.8, 4) is 0 Å². The predicted molar refractivity (Wildman–Crippen MR) is 64.6 cm³/mol. The Morgan fingerprint density at radius 2 is 2.07 bits per heavy atom. The number of ether oxygens (including phenoxy) is 2. The molecule has 1 heterocycles. The average Bonchev–Trinajstić information content (AvgIpc) is 2.87. The van der Waals surface area contributed by atoms with Crippen molar-refractivity contribution in [2.75, 3.05) is 38.1 Å². The maximum Gasteiger partial charge on any atom is 0.104 e. The molecule has 0 spiro atoms. The van der Waals surface area contributed by atoms with E-state index in [-0.39, 0.29) is 0 Å². The molecule has 0 bridgehead atoms. The van der Waals surface area contributed by atoms with Crippen molar-refractivity contribution in [1.29, 1.82) is 0 Å². The van der Waals surface area contributed by atoms with Crippen LogP contribution in [-0.4, -0.2) is 49.4 Å². The van der Waals surface area contributed by atoms with Crippen molar-refractivity contribution in [3.05, 3.63) is 0 Å². The summed E-state index contributed by atoms with van der Waals surface area (Å²) in [5.41, 5.74) is 0. The molecule has 0 aromatic heterocycles. The van der Waals surface area contributed by atoms with Gasteiger partial charge in [0.1, 0.15) is 6.10 Å². The first-order valence-electron chi connectivity index (χ1n) is 5.41. The van der Waals surface area contributed by atoms with Crippen LogP contribution >= 0.6 is 10.0 Å². The van der Waals surface area contributed by atoms with E-state index in [1.165, 1.54) is 12.2 Å². The number of rotatable bonds is 7. The summed E-state index contributed by atoms with van der Waals surface area (Å²) in [4.78, 5) is 0. The lowest BCUT2D eigenvalue weighted by atomic mass is 10.5. The summed E-state index contributed by atoms with van der Waals surface area (Å²) in [6.07, 6.45) is 6.46. The number of hydrogen-bond donors (Lipinski definition) is 0. The zero-order valence-corrected chi connectivity index (χ0v) is 10.7. The van der Waals surface area contributed by atoms with Gasteiger partial charge in [0.15, 0.2) is 0 Å². The lowest BCUT2D eigenvalue weighted by molar-refractivity contribution is 0.117. The van der Waals surface area contributed by atoms with Gasteiger partial charge < -0.3 is 9.47 Å². The Morgan fingerprint density at radius 1 is 1.43 bits per heavy atom. The summed E-state index contributed by atoms with van der Waals surface area (Å²) in [5, 5.41) is 0.828. The minimum Gasteiger partial charge on any atom is -0.379 e. The highest BCUT2D eigenvalue weighted by atomic mass is 32.3. The summed E-state index contributed by atoms with van der Waals surface area (Å²) in [6, 6.07) is 0. The van der Waals surface area contributed by atoms with Gasteiger partial charge in [-0.2, -0.15) is 0 Å². The van der Waals surface area contributed by atoms with E-state index < -0.39 is 10.0 Å². The monoisotopic (exact) mass is 220 g/mol. The van der Waals surface area contributed by atoms with Crippen molar-refractivity contribution in [3.63, 3.8) is 0 Å². The fourth-order valence-corrected chi connectivity index (χ4v) is 2.48. The standard InChI is InChI=1S/C11H24O2S/c1-10(2)14(3,4)7-5-6-12-8-11-9-13-11/h10-11H,5-9H2,1-4H3/t11-/m0/s1. The van der Waals surface area contributed by atoms with Gasteiger partial charge in [-0.05, 0) is 29.9 Å². The Bertz CT molecular complexity index is 165. The van der Waals surface area contributed by atoms with E-state index >= 15 is 0 Å². The molecule has 0 amide bonds. The maximum absolute atomic E-state index is 5.52. The fourth-order valence-electron chi connectivity index (χ4n) is 1.15. The van der Waals surface area contributed by atoms with Gasteiger partial charge in [0, 0.05) is 6.61 Å². The third kappa shape index (κ3) is 4.67. The Kier molecular flexibility index (Phi) is 4.74. The molecule has 1 fully saturated rings. The quantitative estimate of drug-likeness (QED) is 0.485. The van der Waals surface area contributed by atoms with Crippen LogP contribution in [0.4, 0.5) is 0 Å². The Balaban J connectivity index is 1.96. The number of epoxide rings is 1. The van der Waals surface area contributed by atoms with Gasteiger partial charge in [-0.25, -0.2) is 10.0 Å². The van der Waals surface area contributed by atoms with Crippen LogP contribution in [0.5, 0.6) is 0 Å². The Morgan fingerprint density at radius 3 is 2.57 bits per heavy atom. The first-order chi connectivity index (χ1) is 6.52. The van der Waals surface area contributed by atoms with Crippen molar-refractivity contribution < 1.29 is 9.47 Å². The SMILES string of the molecule is CC(C)S(C)(C)CCCOC[C@H]1CO1. The van der Waals surface area contributed by atoms with Crippen LogP contribution in [0.3, 0.4) is 0 Å². The van der Waals surface area contributed by atoms with Gasteiger partial charge in [-0.15, -0.1) is 0 Å². The van der Waals surface area contributed by atoms with Gasteiger partial charge in [-0.1, -0.05) is 13.8 Å². The van der Waals surface area contributed by atoms with Crippen molar-refractivity contribution in [2.24, 2.45) is 0 Å². The third-order valence-corrected chi connectivity index (χ3v) is 6.83. The molecular formula is C11H24O2S. The fraction of sp³-hybridized carbons (Fsp3) is 1.00. The van der Waals surface area contributed by atoms with E-state index in [0.717, 1.165) is 25.1 Å². The normalized spacial score (nSPS) is 22.8. The van der Waals surface area contributed by atoms with Crippen LogP contribution in [0.2, 0.25) is 0 Å². The number of hydrogen-bond acceptors (Lipinski definition) is 2. The summed E-state index contributed by atoms with van der Waals surface area (Å²) in [5.74, 6) is 1.33. The maximum atomic E-state index is 5.52. The molecular weight excluding hydrogens is 196 g/mol. The molecule has 0 aromatic carbocycles. The van der Waals surface area contributed by atoms with E-state index in [2.05, 4.69) is 26.4 Å². The summed E-state index contributed by atoms with van der Waals surface area (Å²) in [6.45, 7) is 7.27. The molecule has 1 aliphatic heterocycles. The van der Waals surface area contributed by atoms with Gasteiger partial charge in [-0.3, -0.25) is 0 Å².